The van der Waals surface area contributed by atoms with Crippen molar-refractivity contribution in [2.45, 2.75) is 19.9 Å². The minimum atomic E-state index is -0.986. The summed E-state index contributed by atoms with van der Waals surface area (Å²) in [6.07, 6.45) is 1.41. The van der Waals surface area contributed by atoms with E-state index in [9.17, 15) is 9.59 Å². The van der Waals surface area contributed by atoms with E-state index in [2.05, 4.69) is 5.10 Å². The smallest absolute Gasteiger partial charge is 0.335 e. The normalized spacial score (nSPS) is 10.6. The van der Waals surface area contributed by atoms with Crippen LogP contribution in [-0.4, -0.2) is 27.3 Å². The van der Waals surface area contributed by atoms with Gasteiger partial charge in [-0.3, -0.25) is 14.4 Å². The van der Waals surface area contributed by atoms with E-state index in [1.54, 1.807) is 36.0 Å². The van der Waals surface area contributed by atoms with Crippen LogP contribution >= 0.6 is 11.6 Å². The van der Waals surface area contributed by atoms with Crippen molar-refractivity contribution in [3.63, 3.8) is 0 Å². The van der Waals surface area contributed by atoms with Crippen molar-refractivity contribution in [2.24, 2.45) is 7.05 Å². The number of ether oxygens (including phenoxy) is 1. The van der Waals surface area contributed by atoms with Gasteiger partial charge in [0, 0.05) is 7.05 Å². The maximum atomic E-state index is 11.7. The van der Waals surface area contributed by atoms with Crippen molar-refractivity contribution in [1.29, 1.82) is 0 Å². The van der Waals surface area contributed by atoms with Crippen LogP contribution in [0, 0.1) is 0 Å². The third-order valence-corrected chi connectivity index (χ3v) is 4.76. The van der Waals surface area contributed by atoms with Gasteiger partial charge in [-0.15, -0.1) is 0 Å². The number of rotatable bonds is 8. The van der Waals surface area contributed by atoms with Crippen molar-refractivity contribution in [2.75, 3.05) is 4.90 Å². The minimum Gasteiger partial charge on any atom is -0.478 e. The Morgan fingerprint density at radius 3 is 2.24 bits per heavy atom. The molecule has 29 heavy (non-hydrogen) atoms. The van der Waals surface area contributed by atoms with Crippen LogP contribution < -0.4 is 9.64 Å². The van der Waals surface area contributed by atoms with Gasteiger partial charge in [0.25, 0.3) is 0 Å². The molecule has 0 fully saturated rings. The zero-order chi connectivity index (χ0) is 21.0. The highest BCUT2D eigenvalue weighted by atomic mass is 35.5. The molecule has 1 aromatic heterocycles. The fourth-order valence-electron chi connectivity index (χ4n) is 2.90. The maximum absolute atomic E-state index is 11.7. The second kappa shape index (κ2) is 8.79. The molecule has 7 nitrogen and oxygen atoms in total. The molecule has 1 heterocycles. The molecule has 0 saturated carbocycles. The molecule has 0 unspecified atom stereocenters. The molecule has 2 aromatic carbocycles. The molecular weight excluding hydrogens is 394 g/mol. The number of aromatic carboxylic acids is 1. The van der Waals surface area contributed by atoms with E-state index in [1.165, 1.54) is 17.0 Å². The number of carbonyl (C=O) groups is 2. The number of carboxylic acid groups (broad SMARTS) is 1. The third kappa shape index (κ3) is 4.57. The summed E-state index contributed by atoms with van der Waals surface area (Å²) in [7, 11) is 1.75. The average molecular weight is 414 g/mol. The first-order chi connectivity index (χ1) is 13.9. The molecule has 0 bridgehead atoms. The zero-order valence-electron chi connectivity index (χ0n) is 16.0. The van der Waals surface area contributed by atoms with E-state index in [0.717, 1.165) is 17.7 Å². The Balaban J connectivity index is 1.72. The standard InChI is InChI=1S/C21H20ClN3O4/c1-3-18-19(22)20(24(2)23-18)25(13-26)12-14-4-8-16(9-5-14)29-17-10-6-15(7-11-17)21(27)28/h4-11,13H,3,12H2,1-2H3,(H,27,28). The van der Waals surface area contributed by atoms with Crippen LogP contribution in [0.1, 0.15) is 28.5 Å². The summed E-state index contributed by atoms with van der Waals surface area (Å²) in [4.78, 5) is 24.1. The lowest BCUT2D eigenvalue weighted by Crippen LogP contribution is -2.23. The summed E-state index contributed by atoms with van der Waals surface area (Å²) in [5, 5.41) is 13.8. The second-order valence-corrected chi connectivity index (χ2v) is 6.75. The highest BCUT2D eigenvalue weighted by Gasteiger charge is 2.19. The summed E-state index contributed by atoms with van der Waals surface area (Å²) in [6.45, 7) is 2.29. The van der Waals surface area contributed by atoms with E-state index in [4.69, 9.17) is 21.4 Å². The van der Waals surface area contributed by atoms with E-state index in [0.29, 0.717) is 35.3 Å². The van der Waals surface area contributed by atoms with Crippen LogP contribution in [0.15, 0.2) is 48.5 Å². The number of halogens is 1. The number of hydrogen-bond acceptors (Lipinski definition) is 4. The van der Waals surface area contributed by atoms with Crippen molar-refractivity contribution in [3.8, 4) is 11.5 Å². The molecule has 0 aliphatic heterocycles. The summed E-state index contributed by atoms with van der Waals surface area (Å²) in [5.74, 6) is 0.699. The molecule has 0 radical (unpaired) electrons. The Labute approximate surface area is 173 Å². The molecular formula is C21H20ClN3O4. The molecule has 1 N–H and O–H groups in total. The zero-order valence-corrected chi connectivity index (χ0v) is 16.8. The SMILES string of the molecule is CCc1nn(C)c(N(C=O)Cc2ccc(Oc3ccc(C(=O)O)cc3)cc2)c1Cl. The minimum absolute atomic E-state index is 0.196. The molecule has 1 amide bonds. The van der Waals surface area contributed by atoms with Gasteiger partial charge in [-0.2, -0.15) is 5.10 Å². The number of amides is 1. The van der Waals surface area contributed by atoms with Crippen LogP contribution in [-0.2, 0) is 24.8 Å². The molecule has 3 aromatic rings. The highest BCUT2D eigenvalue weighted by molar-refractivity contribution is 6.34. The lowest BCUT2D eigenvalue weighted by Gasteiger charge is -2.18. The number of carboxylic acids is 1. The van der Waals surface area contributed by atoms with E-state index in [1.807, 2.05) is 19.1 Å². The fraction of sp³-hybridized carbons (Fsp3) is 0.190. The topological polar surface area (TPSA) is 84.7 Å². The quantitative estimate of drug-likeness (QED) is 0.557. The lowest BCUT2D eigenvalue weighted by molar-refractivity contribution is -0.107. The predicted molar refractivity (Wildman–Crippen MR) is 110 cm³/mol. The van der Waals surface area contributed by atoms with Crippen LogP contribution in [0.2, 0.25) is 5.02 Å². The van der Waals surface area contributed by atoms with Gasteiger partial charge in [0.05, 0.1) is 17.8 Å². The summed E-state index contributed by atoms with van der Waals surface area (Å²) < 4.78 is 7.33. The van der Waals surface area contributed by atoms with Gasteiger partial charge in [0.1, 0.15) is 16.5 Å². The lowest BCUT2D eigenvalue weighted by atomic mass is 10.2. The second-order valence-electron chi connectivity index (χ2n) is 6.37. The van der Waals surface area contributed by atoms with E-state index < -0.39 is 5.97 Å². The molecule has 0 saturated heterocycles. The predicted octanol–water partition coefficient (Wildman–Crippen LogP) is 4.29. The summed E-state index contributed by atoms with van der Waals surface area (Å²) >= 11 is 6.38. The van der Waals surface area contributed by atoms with Crippen LogP contribution in [0.4, 0.5) is 5.82 Å². The van der Waals surface area contributed by atoms with Gasteiger partial charge in [-0.1, -0.05) is 30.7 Å². The first kappa shape index (κ1) is 20.4. The Hall–Kier alpha value is -3.32. The van der Waals surface area contributed by atoms with Gasteiger partial charge in [0.15, 0.2) is 5.82 Å². The summed E-state index contributed by atoms with van der Waals surface area (Å²) in [5.41, 5.74) is 1.83. The monoisotopic (exact) mass is 413 g/mol. The average Bonchev–Trinajstić information content (AvgIpc) is 3.01. The molecule has 150 valence electrons. The van der Waals surface area contributed by atoms with Crippen molar-refractivity contribution < 1.29 is 19.4 Å². The van der Waals surface area contributed by atoms with Crippen LogP contribution in [0.5, 0.6) is 11.5 Å². The van der Waals surface area contributed by atoms with Gasteiger partial charge < -0.3 is 9.84 Å². The molecule has 0 atom stereocenters. The maximum Gasteiger partial charge on any atom is 0.335 e. The molecule has 8 heteroatoms. The van der Waals surface area contributed by atoms with Crippen LogP contribution in [0.25, 0.3) is 0 Å². The third-order valence-electron chi connectivity index (χ3n) is 4.37. The van der Waals surface area contributed by atoms with E-state index >= 15 is 0 Å². The van der Waals surface area contributed by atoms with Crippen molar-refractivity contribution in [3.05, 3.63) is 70.4 Å². The fourth-order valence-corrected chi connectivity index (χ4v) is 3.31. The first-order valence-corrected chi connectivity index (χ1v) is 9.34. The van der Waals surface area contributed by atoms with Gasteiger partial charge in [-0.05, 0) is 48.4 Å². The largest absolute Gasteiger partial charge is 0.478 e. The van der Waals surface area contributed by atoms with Crippen molar-refractivity contribution >= 4 is 29.8 Å². The number of carbonyl (C=O) groups excluding carboxylic acids is 1. The Bertz CT molecular complexity index is 1010. The number of nitrogens with zero attached hydrogens (tertiary/aromatic N) is 3. The van der Waals surface area contributed by atoms with Crippen molar-refractivity contribution in [1.82, 2.24) is 9.78 Å². The van der Waals surface area contributed by atoms with Gasteiger partial charge in [-0.25, -0.2) is 4.79 Å². The van der Waals surface area contributed by atoms with Crippen LogP contribution in [0.3, 0.4) is 0 Å². The Morgan fingerprint density at radius 1 is 1.17 bits per heavy atom. The Kier molecular flexibility index (Phi) is 6.19. The number of aryl methyl sites for hydroxylation is 2. The Morgan fingerprint density at radius 2 is 1.76 bits per heavy atom. The number of hydrogen-bond donors (Lipinski definition) is 1. The first-order valence-electron chi connectivity index (χ1n) is 8.96. The molecule has 0 spiro atoms. The van der Waals surface area contributed by atoms with Gasteiger partial charge >= 0.3 is 5.97 Å². The van der Waals surface area contributed by atoms with Gasteiger partial charge in [0.2, 0.25) is 6.41 Å². The number of aromatic nitrogens is 2. The highest BCUT2D eigenvalue weighted by Crippen LogP contribution is 2.30. The number of anilines is 1. The molecule has 0 aliphatic carbocycles. The molecule has 3 rings (SSSR count). The summed E-state index contributed by atoms with van der Waals surface area (Å²) in [6, 6.07) is 13.4. The molecule has 0 aliphatic rings. The number of benzene rings is 2. The van der Waals surface area contributed by atoms with E-state index in [-0.39, 0.29) is 5.56 Å².